The van der Waals surface area contributed by atoms with Crippen LogP contribution in [0.1, 0.15) is 17.3 Å². The summed E-state index contributed by atoms with van der Waals surface area (Å²) in [6.07, 6.45) is 4.54. The molecule has 110 valence electrons. The maximum Gasteiger partial charge on any atom is 0.288 e. The quantitative estimate of drug-likeness (QED) is 0.597. The Morgan fingerprint density at radius 1 is 1.62 bits per heavy atom. The van der Waals surface area contributed by atoms with Crippen molar-refractivity contribution in [1.82, 2.24) is 14.8 Å². The minimum absolute atomic E-state index is 0.0171. The number of aromatic nitrogens is 3. The summed E-state index contributed by atoms with van der Waals surface area (Å²) in [5.74, 6) is -0.562. The van der Waals surface area contributed by atoms with E-state index in [1.165, 1.54) is 0 Å². The highest BCUT2D eigenvalue weighted by Gasteiger charge is 2.17. The van der Waals surface area contributed by atoms with Crippen LogP contribution in [-0.2, 0) is 6.54 Å². The number of hydrogen-bond donors (Lipinski definition) is 2. The first-order chi connectivity index (χ1) is 9.97. The molecule has 0 aliphatic carbocycles. The van der Waals surface area contributed by atoms with Gasteiger partial charge in [0.15, 0.2) is 0 Å². The van der Waals surface area contributed by atoms with Gasteiger partial charge in [-0.05, 0) is 13.0 Å². The summed E-state index contributed by atoms with van der Waals surface area (Å²) in [5, 5.41) is 17.8. The molecule has 0 aliphatic rings. The number of nitrogens with two attached hydrogens (primary N) is 1. The van der Waals surface area contributed by atoms with Gasteiger partial charge in [-0.25, -0.2) is 4.98 Å². The van der Waals surface area contributed by atoms with Crippen LogP contribution in [0.5, 0.6) is 0 Å². The van der Waals surface area contributed by atoms with Crippen LogP contribution in [-0.4, -0.2) is 31.6 Å². The van der Waals surface area contributed by atoms with Crippen LogP contribution in [0.4, 0.5) is 11.5 Å². The third-order valence-corrected chi connectivity index (χ3v) is 2.75. The lowest BCUT2D eigenvalue weighted by Gasteiger charge is -2.16. The molecule has 0 spiro atoms. The monoisotopic (exact) mass is 290 g/mol. The number of amides is 1. The Hall–Kier alpha value is -2.97. The highest BCUT2D eigenvalue weighted by atomic mass is 16.6. The van der Waals surface area contributed by atoms with E-state index in [2.05, 4.69) is 15.4 Å². The molecule has 1 amide bonds. The number of hydrogen-bond acceptors (Lipinski definition) is 6. The van der Waals surface area contributed by atoms with Gasteiger partial charge in [0.05, 0.1) is 17.0 Å². The molecular weight excluding hydrogens is 276 g/mol. The molecule has 0 unspecified atom stereocenters. The third-order valence-electron chi connectivity index (χ3n) is 2.75. The number of nitrogens with zero attached hydrogens (tertiary/aromatic N) is 4. The Labute approximate surface area is 119 Å². The van der Waals surface area contributed by atoms with Crippen LogP contribution in [0.2, 0.25) is 0 Å². The highest BCUT2D eigenvalue weighted by molar-refractivity contribution is 5.98. The molecule has 2 heterocycles. The number of nitrogens with one attached hydrogen (secondary N) is 1. The van der Waals surface area contributed by atoms with E-state index in [-0.39, 0.29) is 23.1 Å². The van der Waals surface area contributed by atoms with Crippen LogP contribution in [0.3, 0.4) is 0 Å². The van der Waals surface area contributed by atoms with E-state index in [0.717, 1.165) is 12.3 Å². The molecule has 0 fully saturated rings. The van der Waals surface area contributed by atoms with Gasteiger partial charge in [-0.1, -0.05) is 0 Å². The summed E-state index contributed by atoms with van der Waals surface area (Å²) in [6, 6.07) is 2.81. The zero-order valence-electron chi connectivity index (χ0n) is 11.3. The van der Waals surface area contributed by atoms with Crippen molar-refractivity contribution in [3.63, 3.8) is 0 Å². The number of carbonyl (C=O) groups is 1. The average molecular weight is 290 g/mol. The van der Waals surface area contributed by atoms with Crippen molar-refractivity contribution in [2.75, 3.05) is 5.32 Å². The zero-order chi connectivity index (χ0) is 15.4. The summed E-state index contributed by atoms with van der Waals surface area (Å²) in [7, 11) is 0. The van der Waals surface area contributed by atoms with Gasteiger partial charge in [-0.2, -0.15) is 5.10 Å². The minimum Gasteiger partial charge on any atom is -0.365 e. The molecule has 2 rings (SSSR count). The van der Waals surface area contributed by atoms with Gasteiger partial charge in [0.25, 0.3) is 11.6 Å². The van der Waals surface area contributed by atoms with Crippen molar-refractivity contribution in [2.24, 2.45) is 5.73 Å². The van der Waals surface area contributed by atoms with Crippen molar-refractivity contribution in [3.05, 3.63) is 46.4 Å². The first-order valence-electron chi connectivity index (χ1n) is 6.15. The van der Waals surface area contributed by atoms with Crippen molar-refractivity contribution < 1.29 is 9.72 Å². The molecule has 9 heteroatoms. The lowest BCUT2D eigenvalue weighted by molar-refractivity contribution is -0.385. The van der Waals surface area contributed by atoms with Crippen LogP contribution in [0.15, 0.2) is 30.7 Å². The lowest BCUT2D eigenvalue weighted by Crippen LogP contribution is -2.25. The minimum atomic E-state index is -0.778. The summed E-state index contributed by atoms with van der Waals surface area (Å²) in [5.41, 5.74) is 4.94. The van der Waals surface area contributed by atoms with Crippen LogP contribution in [0, 0.1) is 10.1 Å². The molecule has 0 bridgehead atoms. The van der Waals surface area contributed by atoms with E-state index in [9.17, 15) is 14.9 Å². The third kappa shape index (κ3) is 3.53. The van der Waals surface area contributed by atoms with Crippen molar-refractivity contribution in [1.29, 1.82) is 0 Å². The predicted molar refractivity (Wildman–Crippen MR) is 74.7 cm³/mol. The molecule has 2 aromatic rings. The Morgan fingerprint density at radius 3 is 2.95 bits per heavy atom. The first kappa shape index (κ1) is 14.4. The van der Waals surface area contributed by atoms with E-state index >= 15 is 0 Å². The normalized spacial score (nSPS) is 11.9. The van der Waals surface area contributed by atoms with Gasteiger partial charge in [-0.3, -0.25) is 19.6 Å². The molecular formula is C12H14N6O3. The van der Waals surface area contributed by atoms with Crippen molar-refractivity contribution in [2.45, 2.75) is 19.5 Å². The predicted octanol–water partition coefficient (Wildman–Crippen LogP) is 0.786. The Bertz CT molecular complexity index is 655. The summed E-state index contributed by atoms with van der Waals surface area (Å²) in [6.45, 7) is 2.42. The summed E-state index contributed by atoms with van der Waals surface area (Å²) in [4.78, 5) is 25.4. The van der Waals surface area contributed by atoms with Gasteiger partial charge in [0.1, 0.15) is 12.0 Å². The SMILES string of the molecule is C[C@@H](Cn1cccn1)Nc1ncc([N+](=O)[O-])cc1C(N)=O. The van der Waals surface area contributed by atoms with Crippen LogP contribution in [0.25, 0.3) is 0 Å². The first-order valence-corrected chi connectivity index (χ1v) is 6.15. The van der Waals surface area contributed by atoms with E-state index < -0.39 is 10.8 Å². The molecule has 2 aromatic heterocycles. The zero-order valence-corrected chi connectivity index (χ0v) is 11.3. The number of rotatable bonds is 6. The lowest BCUT2D eigenvalue weighted by atomic mass is 10.2. The Balaban J connectivity index is 2.18. The smallest absolute Gasteiger partial charge is 0.288 e. The molecule has 0 aliphatic heterocycles. The second-order valence-electron chi connectivity index (χ2n) is 4.48. The van der Waals surface area contributed by atoms with Crippen molar-refractivity contribution >= 4 is 17.4 Å². The topological polar surface area (TPSA) is 129 Å². The fourth-order valence-electron chi connectivity index (χ4n) is 1.82. The molecule has 21 heavy (non-hydrogen) atoms. The number of carbonyl (C=O) groups excluding carboxylic acids is 1. The van der Waals surface area contributed by atoms with E-state index in [4.69, 9.17) is 5.73 Å². The second-order valence-corrected chi connectivity index (χ2v) is 4.48. The molecule has 0 aromatic carbocycles. The summed E-state index contributed by atoms with van der Waals surface area (Å²) < 4.78 is 1.72. The van der Waals surface area contributed by atoms with Crippen LogP contribution >= 0.6 is 0 Å². The van der Waals surface area contributed by atoms with Crippen LogP contribution < -0.4 is 11.1 Å². The molecule has 3 N–H and O–H groups in total. The highest BCUT2D eigenvalue weighted by Crippen LogP contribution is 2.19. The largest absolute Gasteiger partial charge is 0.365 e. The standard InChI is InChI=1S/C12H14N6O3/c1-8(7-17-4-2-3-15-17)16-12-10(11(13)19)5-9(6-14-12)18(20)21/h2-6,8H,7H2,1H3,(H2,13,19)(H,14,16)/t8-/m0/s1. The number of nitro groups is 1. The van der Waals surface area contributed by atoms with Gasteiger partial charge in [0.2, 0.25) is 0 Å². The van der Waals surface area contributed by atoms with Crippen molar-refractivity contribution in [3.8, 4) is 0 Å². The number of anilines is 1. The second kappa shape index (κ2) is 5.99. The maximum absolute atomic E-state index is 11.4. The fourth-order valence-corrected chi connectivity index (χ4v) is 1.82. The average Bonchev–Trinajstić information content (AvgIpc) is 2.91. The number of pyridine rings is 1. The molecule has 9 nitrogen and oxygen atoms in total. The summed E-state index contributed by atoms with van der Waals surface area (Å²) >= 11 is 0. The molecule has 1 atom stereocenters. The van der Waals surface area contributed by atoms with E-state index in [1.807, 2.05) is 6.92 Å². The van der Waals surface area contributed by atoms with Gasteiger partial charge >= 0.3 is 0 Å². The number of primary amides is 1. The Kier molecular flexibility index (Phi) is 4.12. The fraction of sp³-hybridized carbons (Fsp3) is 0.250. The van der Waals surface area contributed by atoms with Gasteiger partial charge in [0, 0.05) is 24.5 Å². The van der Waals surface area contributed by atoms with Gasteiger partial charge in [-0.15, -0.1) is 0 Å². The molecule has 0 saturated carbocycles. The van der Waals surface area contributed by atoms with Gasteiger partial charge < -0.3 is 11.1 Å². The Morgan fingerprint density at radius 2 is 2.38 bits per heavy atom. The van der Waals surface area contributed by atoms with E-state index in [1.54, 1.807) is 23.1 Å². The van der Waals surface area contributed by atoms with E-state index in [0.29, 0.717) is 6.54 Å². The maximum atomic E-state index is 11.4. The molecule has 0 saturated heterocycles. The molecule has 0 radical (unpaired) electrons.